The van der Waals surface area contributed by atoms with Gasteiger partial charge in [0.2, 0.25) is 0 Å². The van der Waals surface area contributed by atoms with E-state index in [0.29, 0.717) is 11.3 Å². The molecule has 19 heavy (non-hydrogen) atoms. The standard InChI is InChI=1S/C14H12F2N2O/c1-7-5-6-18-8(2)11(7)9-3-4-10(15)12(13(9)16)14(17)19/h3-6H,1-2H3,(H2,17,19). The van der Waals surface area contributed by atoms with E-state index >= 15 is 0 Å². The Balaban J connectivity index is 2.78. The van der Waals surface area contributed by atoms with Crippen LogP contribution in [0.25, 0.3) is 11.1 Å². The van der Waals surface area contributed by atoms with Crippen molar-refractivity contribution in [1.29, 1.82) is 0 Å². The molecule has 0 bridgehead atoms. The summed E-state index contributed by atoms with van der Waals surface area (Å²) in [5.41, 5.74) is 6.33. The summed E-state index contributed by atoms with van der Waals surface area (Å²) >= 11 is 0. The van der Waals surface area contributed by atoms with Gasteiger partial charge in [-0.15, -0.1) is 0 Å². The number of nitrogens with zero attached hydrogens (tertiary/aromatic N) is 1. The summed E-state index contributed by atoms with van der Waals surface area (Å²) in [5.74, 6) is -3.05. The SMILES string of the molecule is Cc1ccnc(C)c1-c1ccc(F)c(C(N)=O)c1F. The van der Waals surface area contributed by atoms with Gasteiger partial charge in [-0.05, 0) is 37.6 Å². The molecule has 0 aliphatic heterocycles. The molecular formula is C14H12F2N2O. The lowest BCUT2D eigenvalue weighted by Crippen LogP contribution is -2.16. The number of aryl methyl sites for hydroxylation is 2. The van der Waals surface area contributed by atoms with E-state index in [1.807, 2.05) is 0 Å². The number of nitrogens with two attached hydrogens (primary N) is 1. The number of hydrogen-bond acceptors (Lipinski definition) is 2. The Morgan fingerprint density at radius 2 is 1.89 bits per heavy atom. The molecule has 5 heteroatoms. The van der Waals surface area contributed by atoms with Crippen LogP contribution in [0.2, 0.25) is 0 Å². The molecule has 2 rings (SSSR count). The largest absolute Gasteiger partial charge is 0.365 e. The molecule has 0 unspecified atom stereocenters. The van der Waals surface area contributed by atoms with E-state index in [0.717, 1.165) is 11.6 Å². The Morgan fingerprint density at radius 1 is 1.21 bits per heavy atom. The highest BCUT2D eigenvalue weighted by Gasteiger charge is 2.20. The second-order valence-corrected chi connectivity index (χ2v) is 4.24. The zero-order valence-corrected chi connectivity index (χ0v) is 10.5. The van der Waals surface area contributed by atoms with E-state index in [4.69, 9.17) is 5.73 Å². The van der Waals surface area contributed by atoms with Crippen LogP contribution in [0.1, 0.15) is 21.6 Å². The molecule has 1 amide bonds. The predicted molar refractivity (Wildman–Crippen MR) is 67.6 cm³/mol. The average Bonchev–Trinajstić information content (AvgIpc) is 2.31. The molecule has 0 saturated heterocycles. The van der Waals surface area contributed by atoms with Crippen molar-refractivity contribution in [2.45, 2.75) is 13.8 Å². The molecule has 2 aromatic rings. The van der Waals surface area contributed by atoms with Gasteiger partial charge in [0.05, 0.1) is 0 Å². The minimum Gasteiger partial charge on any atom is -0.365 e. The fourth-order valence-corrected chi connectivity index (χ4v) is 2.07. The van der Waals surface area contributed by atoms with Gasteiger partial charge in [-0.25, -0.2) is 8.78 Å². The first-order valence-electron chi connectivity index (χ1n) is 5.64. The van der Waals surface area contributed by atoms with Crippen molar-refractivity contribution in [3.8, 4) is 11.1 Å². The molecule has 0 fully saturated rings. The lowest BCUT2D eigenvalue weighted by atomic mass is 9.96. The maximum Gasteiger partial charge on any atom is 0.254 e. The summed E-state index contributed by atoms with van der Waals surface area (Å²) in [4.78, 5) is 15.2. The fourth-order valence-electron chi connectivity index (χ4n) is 2.07. The lowest BCUT2D eigenvalue weighted by Gasteiger charge is -2.12. The van der Waals surface area contributed by atoms with Crippen molar-refractivity contribution >= 4 is 5.91 Å². The van der Waals surface area contributed by atoms with Gasteiger partial charge in [-0.3, -0.25) is 9.78 Å². The molecule has 98 valence electrons. The van der Waals surface area contributed by atoms with E-state index < -0.39 is 23.1 Å². The van der Waals surface area contributed by atoms with Gasteiger partial charge in [0.1, 0.15) is 17.2 Å². The molecular weight excluding hydrogens is 250 g/mol. The topological polar surface area (TPSA) is 56.0 Å². The second-order valence-electron chi connectivity index (χ2n) is 4.24. The summed E-state index contributed by atoms with van der Waals surface area (Å²) in [7, 11) is 0. The summed E-state index contributed by atoms with van der Waals surface area (Å²) < 4.78 is 27.7. The van der Waals surface area contributed by atoms with Gasteiger partial charge in [0.15, 0.2) is 0 Å². The van der Waals surface area contributed by atoms with Crippen LogP contribution in [0.5, 0.6) is 0 Å². The Morgan fingerprint density at radius 3 is 2.47 bits per heavy atom. The number of carbonyl (C=O) groups excluding carboxylic acids is 1. The Bertz CT molecular complexity index is 648. The van der Waals surface area contributed by atoms with Crippen LogP contribution in [0.15, 0.2) is 24.4 Å². The molecule has 0 radical (unpaired) electrons. The molecule has 2 N–H and O–H groups in total. The number of aromatic nitrogens is 1. The highest BCUT2D eigenvalue weighted by atomic mass is 19.1. The van der Waals surface area contributed by atoms with E-state index in [9.17, 15) is 13.6 Å². The van der Waals surface area contributed by atoms with Crippen molar-refractivity contribution in [3.05, 3.63) is 52.9 Å². The third-order valence-corrected chi connectivity index (χ3v) is 2.96. The maximum absolute atomic E-state index is 14.3. The number of halogens is 2. The van der Waals surface area contributed by atoms with Gasteiger partial charge in [-0.2, -0.15) is 0 Å². The monoisotopic (exact) mass is 262 g/mol. The first kappa shape index (κ1) is 13.1. The molecule has 0 aliphatic carbocycles. The number of amides is 1. The highest BCUT2D eigenvalue weighted by molar-refractivity contribution is 5.95. The molecule has 0 aliphatic rings. The number of rotatable bonds is 2. The predicted octanol–water partition coefficient (Wildman–Crippen LogP) is 2.74. The first-order valence-corrected chi connectivity index (χ1v) is 5.64. The van der Waals surface area contributed by atoms with Crippen LogP contribution in [0.3, 0.4) is 0 Å². The van der Waals surface area contributed by atoms with Crippen molar-refractivity contribution in [2.75, 3.05) is 0 Å². The van der Waals surface area contributed by atoms with Crippen molar-refractivity contribution in [3.63, 3.8) is 0 Å². The summed E-state index contributed by atoms with van der Waals surface area (Å²) in [5, 5.41) is 0. The molecule has 3 nitrogen and oxygen atoms in total. The Hall–Kier alpha value is -2.30. The molecule has 1 aromatic carbocycles. The number of carbonyl (C=O) groups is 1. The quantitative estimate of drug-likeness (QED) is 0.904. The van der Waals surface area contributed by atoms with Crippen LogP contribution in [-0.4, -0.2) is 10.9 Å². The second kappa shape index (κ2) is 4.76. The number of benzene rings is 1. The molecule has 0 spiro atoms. The van der Waals surface area contributed by atoms with Crippen LogP contribution in [0.4, 0.5) is 8.78 Å². The molecule has 0 atom stereocenters. The summed E-state index contributed by atoms with van der Waals surface area (Å²) in [6.45, 7) is 3.51. The highest BCUT2D eigenvalue weighted by Crippen LogP contribution is 2.30. The van der Waals surface area contributed by atoms with E-state index in [1.54, 1.807) is 26.1 Å². The van der Waals surface area contributed by atoms with Crippen molar-refractivity contribution < 1.29 is 13.6 Å². The van der Waals surface area contributed by atoms with Crippen LogP contribution >= 0.6 is 0 Å². The average molecular weight is 262 g/mol. The molecule has 1 heterocycles. The minimum absolute atomic E-state index is 0.123. The normalized spacial score (nSPS) is 10.5. The Labute approximate surface area is 109 Å². The lowest BCUT2D eigenvalue weighted by molar-refractivity contribution is 0.0992. The number of pyridine rings is 1. The summed E-state index contributed by atoms with van der Waals surface area (Å²) in [6, 6.07) is 4.04. The molecule has 0 saturated carbocycles. The third-order valence-electron chi connectivity index (χ3n) is 2.96. The first-order chi connectivity index (χ1) is 8.93. The van der Waals surface area contributed by atoms with Gasteiger partial charge in [0.25, 0.3) is 5.91 Å². The number of primary amides is 1. The zero-order chi connectivity index (χ0) is 14.2. The smallest absolute Gasteiger partial charge is 0.254 e. The van der Waals surface area contributed by atoms with E-state index in [1.165, 1.54) is 6.07 Å². The van der Waals surface area contributed by atoms with Gasteiger partial charge >= 0.3 is 0 Å². The third kappa shape index (κ3) is 2.19. The Kier molecular flexibility index (Phi) is 3.29. The van der Waals surface area contributed by atoms with E-state index in [-0.39, 0.29) is 5.56 Å². The van der Waals surface area contributed by atoms with E-state index in [2.05, 4.69) is 4.98 Å². The zero-order valence-electron chi connectivity index (χ0n) is 10.5. The van der Waals surface area contributed by atoms with Crippen LogP contribution < -0.4 is 5.73 Å². The van der Waals surface area contributed by atoms with Gasteiger partial charge < -0.3 is 5.73 Å². The fraction of sp³-hybridized carbons (Fsp3) is 0.143. The van der Waals surface area contributed by atoms with Gasteiger partial charge in [0, 0.05) is 23.0 Å². The summed E-state index contributed by atoms with van der Waals surface area (Å²) in [6.07, 6.45) is 1.60. The van der Waals surface area contributed by atoms with Crippen LogP contribution in [0, 0.1) is 25.5 Å². The van der Waals surface area contributed by atoms with Gasteiger partial charge in [-0.1, -0.05) is 0 Å². The number of hydrogen-bond donors (Lipinski definition) is 1. The minimum atomic E-state index is -1.13. The van der Waals surface area contributed by atoms with Crippen molar-refractivity contribution in [1.82, 2.24) is 4.98 Å². The maximum atomic E-state index is 14.3. The van der Waals surface area contributed by atoms with Crippen molar-refractivity contribution in [2.24, 2.45) is 5.73 Å². The molecule has 1 aromatic heterocycles. The van der Waals surface area contributed by atoms with Crippen LogP contribution in [-0.2, 0) is 0 Å².